The summed E-state index contributed by atoms with van der Waals surface area (Å²) in [5.41, 5.74) is 0. The van der Waals surface area contributed by atoms with Gasteiger partial charge in [-0.1, -0.05) is 29.4 Å². The zero-order chi connectivity index (χ0) is 17.4. The molecule has 3 fully saturated rings. The fraction of sp³-hybridized carbons (Fsp3) is 0.421. The molecule has 2 atom stereocenters. The molecular formula is C19H21ClN2OS2. The van der Waals surface area contributed by atoms with Crippen LogP contribution in [0.3, 0.4) is 0 Å². The largest absolute Gasteiger partial charge is 0.347 e. The molecule has 1 N–H and O–H groups in total. The number of fused-ring (bicyclic) bond motifs is 3. The lowest BCUT2D eigenvalue weighted by Gasteiger charge is -2.49. The Hall–Kier alpha value is -1.01. The van der Waals surface area contributed by atoms with Crippen molar-refractivity contribution in [2.24, 2.45) is 5.92 Å². The molecule has 0 radical (unpaired) electrons. The van der Waals surface area contributed by atoms with E-state index in [2.05, 4.69) is 17.1 Å². The molecule has 3 saturated heterocycles. The minimum absolute atomic E-state index is 0.0635. The van der Waals surface area contributed by atoms with Gasteiger partial charge in [0.2, 0.25) is 0 Å². The number of carbonyl (C=O) groups is 1. The number of nitrogens with zero attached hydrogens (tertiary/aromatic N) is 1. The highest BCUT2D eigenvalue weighted by Crippen LogP contribution is 2.35. The van der Waals surface area contributed by atoms with Crippen molar-refractivity contribution in [1.29, 1.82) is 0 Å². The van der Waals surface area contributed by atoms with Crippen LogP contribution in [0.15, 0.2) is 45.5 Å². The van der Waals surface area contributed by atoms with Crippen molar-refractivity contribution in [3.8, 4) is 0 Å². The third-order valence-corrected chi connectivity index (χ3v) is 7.74. The Kier molecular flexibility index (Phi) is 5.09. The SMILES string of the molecule is C[C@@H]1[C@H](NC(=O)c2ccc(Sc3cccc(Cl)c3)s2)C2CCN1CC2. The van der Waals surface area contributed by atoms with Crippen LogP contribution in [0.4, 0.5) is 0 Å². The number of carbonyl (C=O) groups excluding carboxylic acids is 1. The Morgan fingerprint density at radius 3 is 2.80 bits per heavy atom. The van der Waals surface area contributed by atoms with E-state index in [4.69, 9.17) is 11.6 Å². The third-order valence-electron chi connectivity index (χ3n) is 5.30. The average Bonchev–Trinajstić information content (AvgIpc) is 3.07. The Balaban J connectivity index is 1.42. The Labute approximate surface area is 161 Å². The van der Waals surface area contributed by atoms with Crippen LogP contribution in [0.2, 0.25) is 5.02 Å². The zero-order valence-corrected chi connectivity index (χ0v) is 16.5. The van der Waals surface area contributed by atoms with Gasteiger partial charge in [0, 0.05) is 22.0 Å². The van der Waals surface area contributed by atoms with Gasteiger partial charge < -0.3 is 5.32 Å². The van der Waals surface area contributed by atoms with Crippen molar-refractivity contribution in [3.05, 3.63) is 46.3 Å². The average molecular weight is 393 g/mol. The van der Waals surface area contributed by atoms with Crippen LogP contribution in [0, 0.1) is 5.92 Å². The normalized spacial score (nSPS) is 28.1. The lowest BCUT2D eigenvalue weighted by Crippen LogP contribution is -2.62. The fourth-order valence-electron chi connectivity index (χ4n) is 3.91. The highest BCUT2D eigenvalue weighted by atomic mass is 35.5. The second-order valence-electron chi connectivity index (χ2n) is 6.79. The van der Waals surface area contributed by atoms with Crippen LogP contribution in [-0.4, -0.2) is 36.0 Å². The maximum absolute atomic E-state index is 12.7. The minimum atomic E-state index is 0.0635. The van der Waals surface area contributed by atoms with Crippen molar-refractivity contribution >= 4 is 40.6 Å². The summed E-state index contributed by atoms with van der Waals surface area (Å²) in [7, 11) is 0. The molecule has 132 valence electrons. The highest BCUT2D eigenvalue weighted by molar-refractivity contribution is 8.01. The van der Waals surface area contributed by atoms with E-state index in [-0.39, 0.29) is 11.9 Å². The molecule has 1 aromatic carbocycles. The number of thiophene rings is 1. The van der Waals surface area contributed by atoms with Crippen LogP contribution in [0.5, 0.6) is 0 Å². The lowest BCUT2D eigenvalue weighted by atomic mass is 9.79. The molecule has 1 amide bonds. The summed E-state index contributed by atoms with van der Waals surface area (Å²) in [6, 6.07) is 12.5. The van der Waals surface area contributed by atoms with Crippen molar-refractivity contribution < 1.29 is 4.79 Å². The number of amides is 1. The van der Waals surface area contributed by atoms with E-state index in [9.17, 15) is 4.79 Å². The van der Waals surface area contributed by atoms with E-state index in [0.29, 0.717) is 12.0 Å². The van der Waals surface area contributed by atoms with E-state index >= 15 is 0 Å². The van der Waals surface area contributed by atoms with Crippen molar-refractivity contribution in [2.75, 3.05) is 13.1 Å². The van der Waals surface area contributed by atoms with Crippen LogP contribution >= 0.6 is 34.7 Å². The summed E-state index contributed by atoms with van der Waals surface area (Å²) in [6.45, 7) is 4.60. The van der Waals surface area contributed by atoms with Gasteiger partial charge in [-0.2, -0.15) is 0 Å². The van der Waals surface area contributed by atoms with Crippen molar-refractivity contribution in [3.63, 3.8) is 0 Å². The van der Waals surface area contributed by atoms with Gasteiger partial charge in [0.25, 0.3) is 5.91 Å². The molecule has 2 aromatic rings. The monoisotopic (exact) mass is 392 g/mol. The summed E-state index contributed by atoms with van der Waals surface area (Å²) in [5, 5.41) is 4.03. The molecule has 3 aliphatic rings. The Bertz CT molecular complexity index is 768. The zero-order valence-electron chi connectivity index (χ0n) is 14.1. The number of halogens is 1. The standard InChI is InChI=1S/C19H21ClN2OS2/c1-12-18(13-7-9-22(12)10-8-13)21-19(23)16-5-6-17(25-16)24-15-4-2-3-14(20)11-15/h2-6,11-13,18H,7-10H2,1H3,(H,21,23)/t12-,18+/m1/s1. The molecule has 3 aliphatic heterocycles. The Morgan fingerprint density at radius 1 is 1.28 bits per heavy atom. The second-order valence-corrected chi connectivity index (χ2v) is 9.69. The minimum Gasteiger partial charge on any atom is -0.347 e. The topological polar surface area (TPSA) is 32.3 Å². The molecule has 0 saturated carbocycles. The summed E-state index contributed by atoms with van der Waals surface area (Å²) in [5.74, 6) is 0.692. The second kappa shape index (κ2) is 7.31. The fourth-order valence-corrected chi connectivity index (χ4v) is 6.23. The van der Waals surface area contributed by atoms with E-state index in [1.165, 1.54) is 25.9 Å². The quantitative estimate of drug-likeness (QED) is 0.813. The smallest absolute Gasteiger partial charge is 0.261 e. The van der Waals surface area contributed by atoms with Crippen molar-refractivity contribution in [2.45, 2.75) is 41.0 Å². The van der Waals surface area contributed by atoms with Gasteiger partial charge in [-0.25, -0.2) is 0 Å². The lowest BCUT2D eigenvalue weighted by molar-refractivity contribution is 0.0218. The molecule has 25 heavy (non-hydrogen) atoms. The summed E-state index contributed by atoms with van der Waals surface area (Å²) in [4.78, 5) is 17.1. The number of nitrogens with one attached hydrogen (secondary N) is 1. The Morgan fingerprint density at radius 2 is 2.08 bits per heavy atom. The van der Waals surface area contributed by atoms with Gasteiger partial charge in [-0.15, -0.1) is 11.3 Å². The van der Waals surface area contributed by atoms with Gasteiger partial charge in [0.05, 0.1) is 9.09 Å². The van der Waals surface area contributed by atoms with Gasteiger partial charge in [-0.05, 0) is 69.1 Å². The van der Waals surface area contributed by atoms with Crippen LogP contribution in [0.1, 0.15) is 29.4 Å². The first-order chi connectivity index (χ1) is 12.1. The molecule has 2 bridgehead atoms. The molecular weight excluding hydrogens is 372 g/mol. The van der Waals surface area contributed by atoms with Crippen LogP contribution in [0.25, 0.3) is 0 Å². The maximum Gasteiger partial charge on any atom is 0.261 e. The van der Waals surface area contributed by atoms with Gasteiger partial charge in [0.15, 0.2) is 0 Å². The first-order valence-electron chi connectivity index (χ1n) is 8.68. The first-order valence-corrected chi connectivity index (χ1v) is 10.7. The molecule has 6 heteroatoms. The van der Waals surface area contributed by atoms with E-state index < -0.39 is 0 Å². The van der Waals surface area contributed by atoms with Gasteiger partial charge >= 0.3 is 0 Å². The predicted molar refractivity (Wildman–Crippen MR) is 105 cm³/mol. The number of piperidine rings is 3. The van der Waals surface area contributed by atoms with E-state index in [0.717, 1.165) is 19.0 Å². The molecule has 0 aliphatic carbocycles. The van der Waals surface area contributed by atoms with E-state index in [1.54, 1.807) is 23.1 Å². The maximum atomic E-state index is 12.7. The number of rotatable bonds is 4. The molecule has 3 nitrogen and oxygen atoms in total. The molecule has 5 rings (SSSR count). The van der Waals surface area contributed by atoms with Gasteiger partial charge in [-0.3, -0.25) is 9.69 Å². The number of hydrogen-bond donors (Lipinski definition) is 1. The molecule has 1 aromatic heterocycles. The van der Waals surface area contributed by atoms with Crippen LogP contribution < -0.4 is 5.32 Å². The molecule has 4 heterocycles. The molecule has 0 unspecified atom stereocenters. The summed E-state index contributed by atoms with van der Waals surface area (Å²) < 4.78 is 1.11. The predicted octanol–water partition coefficient (Wildman–Crippen LogP) is 4.77. The van der Waals surface area contributed by atoms with Crippen LogP contribution in [-0.2, 0) is 0 Å². The third kappa shape index (κ3) is 3.75. The molecule has 0 spiro atoms. The van der Waals surface area contributed by atoms with Gasteiger partial charge in [0.1, 0.15) is 0 Å². The number of benzene rings is 1. The summed E-state index contributed by atoms with van der Waals surface area (Å²) in [6.07, 6.45) is 2.41. The highest BCUT2D eigenvalue weighted by Gasteiger charge is 2.40. The summed E-state index contributed by atoms with van der Waals surface area (Å²) >= 11 is 9.23. The number of hydrogen-bond acceptors (Lipinski definition) is 4. The first kappa shape index (κ1) is 17.4. The van der Waals surface area contributed by atoms with E-state index in [1.807, 2.05) is 36.4 Å². The van der Waals surface area contributed by atoms with Crippen molar-refractivity contribution in [1.82, 2.24) is 10.2 Å².